The van der Waals surface area contributed by atoms with Crippen molar-refractivity contribution in [3.05, 3.63) is 196 Å². The Balaban J connectivity index is 1.16. The number of benzene rings is 7. The molecule has 0 aliphatic carbocycles. The van der Waals surface area contributed by atoms with E-state index in [1.807, 2.05) is 54.6 Å². The molecule has 0 atom stereocenters. The van der Waals surface area contributed by atoms with Gasteiger partial charge in [0.15, 0.2) is 10.9 Å². The third kappa shape index (κ3) is 4.98. The van der Waals surface area contributed by atoms with Gasteiger partial charge in [-0.15, -0.1) is 0 Å². The van der Waals surface area contributed by atoms with E-state index >= 15 is 0 Å². The third-order valence-electron chi connectivity index (χ3n) is 10.1. The SMILES string of the molecule is C=Cc1ccc(-c2ccc(-c3ccc4c(c3)c(=O)c3cccc5c(=O)c6cc(-c7ccc(-c8ccc(C=C)cc8)cc7)ccc6n4c35)cc2)cc1. The molecule has 0 spiro atoms. The average Bonchev–Trinajstić information content (AvgIpc) is 3.20. The van der Waals surface area contributed by atoms with Crippen LogP contribution in [0.15, 0.2) is 174 Å². The molecule has 3 heteroatoms. The normalized spacial score (nSPS) is 11.5. The van der Waals surface area contributed by atoms with Gasteiger partial charge in [-0.1, -0.05) is 141 Å². The lowest BCUT2D eigenvalue weighted by molar-refractivity contribution is 1.31. The molecule has 9 rings (SSSR count). The molecule has 0 N–H and O–H groups in total. The van der Waals surface area contributed by atoms with Gasteiger partial charge in [0.05, 0.1) is 16.6 Å². The maximum absolute atomic E-state index is 14.1. The van der Waals surface area contributed by atoms with Crippen LogP contribution >= 0.6 is 0 Å². The fourth-order valence-electron chi connectivity index (χ4n) is 7.33. The highest BCUT2D eigenvalue weighted by Crippen LogP contribution is 2.33. The van der Waals surface area contributed by atoms with E-state index in [-0.39, 0.29) is 10.9 Å². The molecule has 0 bridgehead atoms. The maximum atomic E-state index is 14.1. The molecule has 0 fully saturated rings. The first-order chi connectivity index (χ1) is 25.0. The second-order valence-electron chi connectivity index (χ2n) is 13.0. The monoisotopic (exact) mass is 653 g/mol. The van der Waals surface area contributed by atoms with Gasteiger partial charge in [-0.3, -0.25) is 9.59 Å². The van der Waals surface area contributed by atoms with E-state index in [1.54, 1.807) is 0 Å². The number of hydrogen-bond donors (Lipinski definition) is 0. The van der Waals surface area contributed by atoms with Crippen LogP contribution in [0, 0.1) is 0 Å². The summed E-state index contributed by atoms with van der Waals surface area (Å²) in [4.78, 5) is 28.2. The fourth-order valence-corrected chi connectivity index (χ4v) is 7.33. The van der Waals surface area contributed by atoms with Gasteiger partial charge in [0, 0.05) is 21.5 Å². The highest BCUT2D eigenvalue weighted by Gasteiger charge is 2.18. The van der Waals surface area contributed by atoms with Crippen molar-refractivity contribution in [3.8, 4) is 44.5 Å². The lowest BCUT2D eigenvalue weighted by Crippen LogP contribution is -2.14. The molecular weight excluding hydrogens is 623 g/mol. The summed E-state index contributed by atoms with van der Waals surface area (Å²) in [6.45, 7) is 7.69. The number of rotatable bonds is 6. The minimum Gasteiger partial charge on any atom is -0.308 e. The van der Waals surface area contributed by atoms with Crippen LogP contribution in [0.2, 0.25) is 0 Å². The van der Waals surface area contributed by atoms with Gasteiger partial charge in [-0.25, -0.2) is 0 Å². The molecule has 0 aliphatic heterocycles. The molecule has 0 saturated heterocycles. The predicted octanol–water partition coefficient (Wildman–Crippen LogP) is 11.5. The summed E-state index contributed by atoms with van der Waals surface area (Å²) >= 11 is 0. The van der Waals surface area contributed by atoms with Crippen LogP contribution < -0.4 is 10.9 Å². The average molecular weight is 654 g/mol. The van der Waals surface area contributed by atoms with E-state index in [1.165, 1.54) is 0 Å². The van der Waals surface area contributed by atoms with Crippen molar-refractivity contribution in [3.63, 3.8) is 0 Å². The van der Waals surface area contributed by atoms with Crippen molar-refractivity contribution in [1.82, 2.24) is 4.40 Å². The first-order valence-corrected chi connectivity index (χ1v) is 17.0. The van der Waals surface area contributed by atoms with Gasteiger partial charge in [0.2, 0.25) is 0 Å². The van der Waals surface area contributed by atoms with Crippen molar-refractivity contribution >= 4 is 50.2 Å². The van der Waals surface area contributed by atoms with E-state index in [2.05, 4.69) is 127 Å². The number of fused-ring (bicyclic) bond motifs is 4. The molecule has 0 aliphatic rings. The Bertz CT molecular complexity index is 2740. The highest BCUT2D eigenvalue weighted by atomic mass is 16.1. The van der Waals surface area contributed by atoms with Crippen LogP contribution in [0.4, 0.5) is 0 Å². The van der Waals surface area contributed by atoms with Crippen molar-refractivity contribution < 1.29 is 0 Å². The highest BCUT2D eigenvalue weighted by molar-refractivity contribution is 6.08. The van der Waals surface area contributed by atoms with E-state index in [0.717, 1.165) is 66.7 Å². The lowest BCUT2D eigenvalue weighted by atomic mass is 9.96. The molecule has 0 saturated carbocycles. The van der Waals surface area contributed by atoms with Crippen molar-refractivity contribution in [2.45, 2.75) is 0 Å². The van der Waals surface area contributed by atoms with Crippen LogP contribution in [-0.2, 0) is 0 Å². The predicted molar refractivity (Wildman–Crippen MR) is 216 cm³/mol. The number of aromatic nitrogens is 1. The molecule has 2 heterocycles. The van der Waals surface area contributed by atoms with E-state index < -0.39 is 0 Å². The molecular formula is C48H31NO2. The Kier molecular flexibility index (Phi) is 7.08. The molecule has 240 valence electrons. The number of hydrogen-bond acceptors (Lipinski definition) is 2. The Morgan fingerprint density at radius 1 is 0.373 bits per heavy atom. The van der Waals surface area contributed by atoms with Crippen LogP contribution in [0.1, 0.15) is 11.1 Å². The molecule has 2 aromatic heterocycles. The summed E-state index contributed by atoms with van der Waals surface area (Å²) in [5, 5.41) is 2.30. The zero-order valence-electron chi connectivity index (χ0n) is 27.8. The van der Waals surface area contributed by atoms with Gasteiger partial charge >= 0.3 is 0 Å². The Hall–Kier alpha value is -6.84. The standard InChI is InChI=1S/C48H31NO2/c1-3-30-8-12-32(13-9-30)34-16-20-36(21-17-34)38-24-26-44-42(28-38)47(50)40-6-5-7-41-46(40)49(44)45-27-25-39(29-43(45)48(41)51)37-22-18-35(19-23-37)33-14-10-31(4-2)11-15-33/h3-29H,1-2H2. The smallest absolute Gasteiger partial charge is 0.197 e. The Morgan fingerprint density at radius 3 is 1.04 bits per heavy atom. The first kappa shape index (κ1) is 30.2. The molecule has 0 radical (unpaired) electrons. The van der Waals surface area contributed by atoms with Gasteiger partial charge < -0.3 is 4.40 Å². The van der Waals surface area contributed by atoms with Crippen LogP contribution in [0.3, 0.4) is 0 Å². The molecule has 51 heavy (non-hydrogen) atoms. The fraction of sp³-hybridized carbons (Fsp3) is 0. The van der Waals surface area contributed by atoms with Gasteiger partial charge in [0.25, 0.3) is 0 Å². The third-order valence-corrected chi connectivity index (χ3v) is 10.1. The minimum absolute atomic E-state index is 0.0778. The van der Waals surface area contributed by atoms with Crippen molar-refractivity contribution in [1.29, 1.82) is 0 Å². The number of nitrogens with zero attached hydrogens (tertiary/aromatic N) is 1. The Labute approximate surface area is 294 Å². The molecule has 7 aromatic carbocycles. The van der Waals surface area contributed by atoms with E-state index in [4.69, 9.17) is 0 Å². The largest absolute Gasteiger partial charge is 0.308 e. The minimum atomic E-state index is -0.0778. The summed E-state index contributed by atoms with van der Waals surface area (Å²) in [5.74, 6) is 0. The van der Waals surface area contributed by atoms with Crippen LogP contribution in [-0.4, -0.2) is 4.40 Å². The summed E-state index contributed by atoms with van der Waals surface area (Å²) in [7, 11) is 0. The molecule has 0 amide bonds. The topological polar surface area (TPSA) is 38.5 Å². The van der Waals surface area contributed by atoms with Gasteiger partial charge in [0.1, 0.15) is 0 Å². The van der Waals surface area contributed by atoms with E-state index in [9.17, 15) is 9.59 Å². The molecule has 9 aromatic rings. The second-order valence-corrected chi connectivity index (χ2v) is 13.0. The summed E-state index contributed by atoms with van der Waals surface area (Å²) in [6.07, 6.45) is 3.68. The maximum Gasteiger partial charge on any atom is 0.197 e. The van der Waals surface area contributed by atoms with Gasteiger partial charge in [-0.05, 0) is 92.0 Å². The van der Waals surface area contributed by atoms with Gasteiger partial charge in [-0.2, -0.15) is 0 Å². The second kappa shape index (κ2) is 11.9. The number of para-hydroxylation sites is 1. The summed E-state index contributed by atoms with van der Waals surface area (Å²) < 4.78 is 2.09. The molecule has 3 nitrogen and oxygen atoms in total. The van der Waals surface area contributed by atoms with E-state index in [0.29, 0.717) is 27.1 Å². The quantitative estimate of drug-likeness (QED) is 0.132. The lowest BCUT2D eigenvalue weighted by Gasteiger charge is -2.16. The first-order valence-electron chi connectivity index (χ1n) is 17.0. The van der Waals surface area contributed by atoms with Crippen LogP contribution in [0.5, 0.6) is 0 Å². The Morgan fingerprint density at radius 2 is 0.686 bits per heavy atom. The summed E-state index contributed by atoms with van der Waals surface area (Å²) in [6, 6.07) is 51.0. The summed E-state index contributed by atoms with van der Waals surface area (Å²) in [5.41, 5.74) is 12.7. The zero-order valence-corrected chi connectivity index (χ0v) is 27.8. The van der Waals surface area contributed by atoms with Crippen molar-refractivity contribution in [2.24, 2.45) is 0 Å². The van der Waals surface area contributed by atoms with Crippen molar-refractivity contribution in [2.75, 3.05) is 0 Å². The molecule has 0 unspecified atom stereocenters. The zero-order chi connectivity index (χ0) is 34.6. The van der Waals surface area contributed by atoms with Crippen LogP contribution in [0.25, 0.3) is 94.8 Å². The number of pyridine rings is 2.